The second-order valence-electron chi connectivity index (χ2n) is 1.57. The van der Waals surface area contributed by atoms with Gasteiger partial charge >= 0.3 is 0 Å². The van der Waals surface area contributed by atoms with E-state index in [2.05, 4.69) is 51.3 Å². The van der Waals surface area contributed by atoms with Gasteiger partial charge in [-0.1, -0.05) is 6.58 Å². The predicted molar refractivity (Wildman–Crippen MR) is 48.9 cm³/mol. The summed E-state index contributed by atoms with van der Waals surface area (Å²) in [5.41, 5.74) is 0.856. The molecule has 0 amide bonds. The maximum Gasteiger partial charge on any atom is 0.0718 e. The smallest absolute Gasteiger partial charge is 0.0718 e. The molecule has 0 N–H and O–H groups in total. The topological polar surface area (TPSA) is 24.7 Å². The summed E-state index contributed by atoms with van der Waals surface area (Å²) in [5.74, 6) is 0. The maximum atomic E-state index is 4.36. The van der Waals surface area contributed by atoms with Crippen LogP contribution in [0.3, 0.4) is 0 Å². The highest BCUT2D eigenvalue weighted by atomic mass is 32.1. The van der Waals surface area contributed by atoms with Crippen molar-refractivity contribution in [2.75, 3.05) is 13.1 Å². The van der Waals surface area contributed by atoms with E-state index in [0.29, 0.717) is 13.1 Å². The van der Waals surface area contributed by atoms with Crippen LogP contribution >= 0.6 is 24.4 Å². The fourth-order valence-electron chi connectivity index (χ4n) is 0.338. The molecule has 10 heavy (non-hydrogen) atoms. The summed E-state index contributed by atoms with van der Waals surface area (Å²) in [6.07, 6.45) is 0. The van der Waals surface area contributed by atoms with Gasteiger partial charge in [0.25, 0.3) is 0 Å². The van der Waals surface area contributed by atoms with Crippen molar-refractivity contribution in [3.8, 4) is 0 Å². The van der Waals surface area contributed by atoms with Crippen molar-refractivity contribution in [2.24, 2.45) is 9.98 Å². The Morgan fingerprint density at radius 3 is 1.90 bits per heavy atom. The van der Waals surface area contributed by atoms with Gasteiger partial charge in [-0.3, -0.25) is 0 Å². The van der Waals surface area contributed by atoms with Crippen LogP contribution in [0.1, 0.15) is 0 Å². The van der Waals surface area contributed by atoms with Crippen LogP contribution in [-0.2, 0) is 0 Å². The van der Waals surface area contributed by atoms with E-state index >= 15 is 0 Å². The molecule has 0 heterocycles. The van der Waals surface area contributed by atoms with Gasteiger partial charge in [0.1, 0.15) is 0 Å². The first-order chi connectivity index (χ1) is 4.81. The van der Waals surface area contributed by atoms with Gasteiger partial charge in [-0.05, 0) is 30.0 Å². The second kappa shape index (κ2) is 6.46. The van der Waals surface area contributed by atoms with E-state index in [9.17, 15) is 0 Å². The van der Waals surface area contributed by atoms with Gasteiger partial charge in [0.15, 0.2) is 0 Å². The number of aliphatic imine (C=N–C) groups is 2. The van der Waals surface area contributed by atoms with Gasteiger partial charge in [-0.15, -0.1) is 0 Å². The van der Waals surface area contributed by atoms with E-state index in [4.69, 9.17) is 0 Å². The Morgan fingerprint density at radius 1 is 1.20 bits per heavy atom. The molecule has 2 nitrogen and oxygen atoms in total. The standard InChI is InChI=1S/C6H6N2S2/c1-6(2-7-4-9)3-8-5-10/h1-3H2. The minimum absolute atomic E-state index is 0.476. The number of hydrogen-bond donors (Lipinski definition) is 0. The van der Waals surface area contributed by atoms with E-state index in [0.717, 1.165) is 5.57 Å². The van der Waals surface area contributed by atoms with E-state index < -0.39 is 0 Å². The molecule has 0 aromatic rings. The van der Waals surface area contributed by atoms with Crippen LogP contribution in [0.15, 0.2) is 22.1 Å². The predicted octanol–water partition coefficient (Wildman–Crippen LogP) is 1.75. The van der Waals surface area contributed by atoms with Crippen LogP contribution in [0.2, 0.25) is 0 Å². The number of nitrogens with zero attached hydrogens (tertiary/aromatic N) is 2. The summed E-state index contributed by atoms with van der Waals surface area (Å²) in [4.78, 5) is 7.34. The summed E-state index contributed by atoms with van der Waals surface area (Å²) in [7, 11) is 0. The molecular formula is C6H6N2S2. The lowest BCUT2D eigenvalue weighted by molar-refractivity contribution is 1.06. The lowest BCUT2D eigenvalue weighted by atomic mass is 10.3. The van der Waals surface area contributed by atoms with E-state index in [-0.39, 0.29) is 0 Å². The lowest BCUT2D eigenvalue weighted by Gasteiger charge is -1.90. The fourth-order valence-corrected chi connectivity index (χ4v) is 0.467. The molecule has 0 rings (SSSR count). The Balaban J connectivity index is 3.63. The van der Waals surface area contributed by atoms with Gasteiger partial charge in [-0.2, -0.15) is 0 Å². The molecule has 0 aromatic carbocycles. The normalized spacial score (nSPS) is 7.20. The number of isothiocyanates is 2. The molecule has 0 fully saturated rings. The molecule has 0 atom stereocenters. The van der Waals surface area contributed by atoms with Gasteiger partial charge in [0.2, 0.25) is 0 Å². The molecule has 0 saturated carbocycles. The number of thiocarbonyl (C=S) groups is 2. The Hall–Kier alpha value is -0.660. The van der Waals surface area contributed by atoms with Crippen molar-refractivity contribution in [3.63, 3.8) is 0 Å². The molecule has 0 radical (unpaired) electrons. The molecule has 0 bridgehead atoms. The number of rotatable bonds is 4. The van der Waals surface area contributed by atoms with Gasteiger partial charge in [0.05, 0.1) is 23.4 Å². The molecule has 0 unspecified atom stereocenters. The molecule has 0 spiro atoms. The first kappa shape index (κ1) is 9.34. The second-order valence-corrected chi connectivity index (χ2v) is 1.93. The average Bonchev–Trinajstić information content (AvgIpc) is 1.97. The minimum atomic E-state index is 0.476. The van der Waals surface area contributed by atoms with Crippen molar-refractivity contribution in [1.82, 2.24) is 0 Å². The van der Waals surface area contributed by atoms with Crippen LogP contribution in [0.4, 0.5) is 0 Å². The zero-order chi connectivity index (χ0) is 7.82. The third kappa shape index (κ3) is 5.48. The zero-order valence-electron chi connectivity index (χ0n) is 5.33. The van der Waals surface area contributed by atoms with Crippen LogP contribution in [0.5, 0.6) is 0 Å². The van der Waals surface area contributed by atoms with Crippen molar-refractivity contribution in [1.29, 1.82) is 0 Å². The van der Waals surface area contributed by atoms with Crippen molar-refractivity contribution in [3.05, 3.63) is 12.2 Å². The van der Waals surface area contributed by atoms with Crippen LogP contribution < -0.4 is 0 Å². The molecule has 0 aromatic heterocycles. The highest BCUT2D eigenvalue weighted by molar-refractivity contribution is 7.78. The summed E-state index contributed by atoms with van der Waals surface area (Å²) >= 11 is 8.72. The van der Waals surface area contributed by atoms with Gasteiger partial charge in [-0.25, -0.2) is 9.98 Å². The molecule has 0 saturated heterocycles. The average molecular weight is 170 g/mol. The maximum absolute atomic E-state index is 4.36. The third-order valence-corrected chi connectivity index (χ3v) is 0.993. The minimum Gasteiger partial charge on any atom is -0.228 e. The van der Waals surface area contributed by atoms with Crippen LogP contribution in [0, 0.1) is 0 Å². The number of hydrogen-bond acceptors (Lipinski definition) is 4. The quantitative estimate of drug-likeness (QED) is 0.365. The van der Waals surface area contributed by atoms with Gasteiger partial charge in [0, 0.05) is 0 Å². The first-order valence-corrected chi connectivity index (χ1v) is 3.37. The van der Waals surface area contributed by atoms with Crippen LogP contribution in [-0.4, -0.2) is 23.4 Å². The van der Waals surface area contributed by atoms with E-state index in [1.807, 2.05) is 0 Å². The molecule has 0 aliphatic carbocycles. The summed E-state index contributed by atoms with van der Waals surface area (Å²) in [6.45, 7) is 4.62. The van der Waals surface area contributed by atoms with Crippen molar-refractivity contribution < 1.29 is 0 Å². The summed E-state index contributed by atoms with van der Waals surface area (Å²) in [6, 6.07) is 0. The highest BCUT2D eigenvalue weighted by Gasteiger charge is 1.86. The monoisotopic (exact) mass is 170 g/mol. The molecule has 0 aliphatic rings. The molecule has 0 aliphatic heterocycles. The Bertz CT molecular complexity index is 188. The highest BCUT2D eigenvalue weighted by Crippen LogP contribution is 1.89. The Morgan fingerprint density at radius 2 is 1.60 bits per heavy atom. The molecular weight excluding hydrogens is 164 g/mol. The molecule has 4 heteroatoms. The molecule has 52 valence electrons. The van der Waals surface area contributed by atoms with E-state index in [1.54, 1.807) is 0 Å². The SMILES string of the molecule is C=C(CN=C=S)CN=C=S. The van der Waals surface area contributed by atoms with Crippen molar-refractivity contribution >= 4 is 34.8 Å². The zero-order valence-corrected chi connectivity index (χ0v) is 6.97. The Kier molecular flexibility index (Phi) is 6.03. The summed E-state index contributed by atoms with van der Waals surface area (Å²) < 4.78 is 0. The van der Waals surface area contributed by atoms with E-state index in [1.165, 1.54) is 0 Å². The fraction of sp³-hybridized carbons (Fsp3) is 0.333. The van der Waals surface area contributed by atoms with Crippen molar-refractivity contribution in [2.45, 2.75) is 0 Å². The Labute approximate surface area is 70.4 Å². The van der Waals surface area contributed by atoms with Crippen LogP contribution in [0.25, 0.3) is 0 Å². The third-order valence-electron chi connectivity index (χ3n) is 0.734. The van der Waals surface area contributed by atoms with Gasteiger partial charge < -0.3 is 0 Å². The largest absolute Gasteiger partial charge is 0.228 e. The summed E-state index contributed by atoms with van der Waals surface area (Å²) in [5, 5.41) is 4.47. The first-order valence-electron chi connectivity index (χ1n) is 2.55. The lowest BCUT2D eigenvalue weighted by Crippen LogP contribution is -1.89.